The van der Waals surface area contributed by atoms with Gasteiger partial charge in [-0.05, 0) is 6.92 Å². The molecule has 1 amide bonds. The highest BCUT2D eigenvalue weighted by molar-refractivity contribution is 7.09. The molecule has 19 heavy (non-hydrogen) atoms. The molecule has 2 heterocycles. The maximum absolute atomic E-state index is 12.2. The largest absolute Gasteiger partial charge is 0.335 e. The van der Waals surface area contributed by atoms with Crippen molar-refractivity contribution in [1.29, 1.82) is 0 Å². The van der Waals surface area contributed by atoms with Gasteiger partial charge in [-0.25, -0.2) is 9.97 Å². The minimum atomic E-state index is -0.0939. The molecular formula is C12H17N5OS. The van der Waals surface area contributed by atoms with Gasteiger partial charge in [-0.2, -0.15) is 0 Å². The molecule has 0 saturated carbocycles. The van der Waals surface area contributed by atoms with Gasteiger partial charge in [0.15, 0.2) is 0 Å². The molecule has 2 rings (SSSR count). The van der Waals surface area contributed by atoms with Crippen molar-refractivity contribution in [2.45, 2.75) is 20.0 Å². The lowest BCUT2D eigenvalue weighted by molar-refractivity contribution is 0.0781. The van der Waals surface area contributed by atoms with Crippen molar-refractivity contribution < 1.29 is 4.79 Å². The zero-order chi connectivity index (χ0) is 13.8. The molecule has 0 unspecified atom stereocenters. The number of aryl methyl sites for hydroxylation is 1. The zero-order valence-electron chi connectivity index (χ0n) is 11.0. The van der Waals surface area contributed by atoms with E-state index in [0.29, 0.717) is 25.3 Å². The number of aromatic nitrogens is 3. The van der Waals surface area contributed by atoms with Crippen LogP contribution in [0.25, 0.3) is 0 Å². The average molecular weight is 279 g/mol. The van der Waals surface area contributed by atoms with E-state index in [1.165, 1.54) is 0 Å². The first-order valence-electron chi connectivity index (χ1n) is 5.98. The van der Waals surface area contributed by atoms with Crippen molar-refractivity contribution in [3.8, 4) is 0 Å². The molecule has 2 aromatic rings. The maximum Gasteiger partial charge on any atom is 0.274 e. The summed E-state index contributed by atoms with van der Waals surface area (Å²) in [6, 6.07) is 0. The Balaban J connectivity index is 2.04. The smallest absolute Gasteiger partial charge is 0.274 e. The van der Waals surface area contributed by atoms with Gasteiger partial charge in [0, 0.05) is 31.2 Å². The van der Waals surface area contributed by atoms with Gasteiger partial charge >= 0.3 is 0 Å². The van der Waals surface area contributed by atoms with Crippen LogP contribution in [0.3, 0.4) is 0 Å². The fraction of sp³-hybridized carbons (Fsp3) is 0.417. The summed E-state index contributed by atoms with van der Waals surface area (Å²) in [4.78, 5) is 23.2. The highest BCUT2D eigenvalue weighted by atomic mass is 32.1. The molecule has 6 nitrogen and oxygen atoms in total. The first-order valence-corrected chi connectivity index (χ1v) is 6.86. The molecule has 0 radical (unpaired) electrons. The van der Waals surface area contributed by atoms with E-state index < -0.39 is 0 Å². The number of nitrogens with zero attached hydrogens (tertiary/aromatic N) is 4. The summed E-state index contributed by atoms with van der Waals surface area (Å²) in [5.74, 6) is -0.0939. The number of thiazole rings is 1. The van der Waals surface area contributed by atoms with Crippen molar-refractivity contribution in [2.24, 2.45) is 5.73 Å². The van der Waals surface area contributed by atoms with E-state index in [4.69, 9.17) is 5.73 Å². The van der Waals surface area contributed by atoms with Crippen LogP contribution in [-0.2, 0) is 13.1 Å². The number of amides is 1. The molecule has 2 N–H and O–H groups in total. The first kappa shape index (κ1) is 13.7. The SMILES string of the molecule is Cc1ncsc1CN(C)C(=O)c1cn(CCN)cn1. The number of nitrogens with two attached hydrogens (primary N) is 1. The second kappa shape index (κ2) is 5.94. The van der Waals surface area contributed by atoms with Gasteiger partial charge in [-0.1, -0.05) is 0 Å². The topological polar surface area (TPSA) is 77.0 Å². The van der Waals surface area contributed by atoms with E-state index in [2.05, 4.69) is 9.97 Å². The number of carbonyl (C=O) groups excluding carboxylic acids is 1. The van der Waals surface area contributed by atoms with Crippen LogP contribution in [0.15, 0.2) is 18.0 Å². The van der Waals surface area contributed by atoms with E-state index >= 15 is 0 Å². The minimum Gasteiger partial charge on any atom is -0.335 e. The lowest BCUT2D eigenvalue weighted by Gasteiger charge is -2.14. The minimum absolute atomic E-state index is 0.0939. The fourth-order valence-corrected chi connectivity index (χ4v) is 2.53. The molecule has 2 aromatic heterocycles. The Morgan fingerprint density at radius 2 is 2.32 bits per heavy atom. The van der Waals surface area contributed by atoms with Crippen LogP contribution in [0.4, 0.5) is 0 Å². The molecule has 7 heteroatoms. The second-order valence-electron chi connectivity index (χ2n) is 4.31. The van der Waals surface area contributed by atoms with Crippen LogP contribution in [0, 0.1) is 6.92 Å². The summed E-state index contributed by atoms with van der Waals surface area (Å²) in [6.07, 6.45) is 3.36. The van der Waals surface area contributed by atoms with Gasteiger partial charge in [0.1, 0.15) is 5.69 Å². The summed E-state index contributed by atoms with van der Waals surface area (Å²) in [5.41, 5.74) is 8.67. The average Bonchev–Trinajstić information content (AvgIpc) is 2.99. The highest BCUT2D eigenvalue weighted by Gasteiger charge is 2.16. The van der Waals surface area contributed by atoms with E-state index in [-0.39, 0.29) is 5.91 Å². The normalized spacial score (nSPS) is 10.7. The molecule has 0 saturated heterocycles. The molecule has 102 valence electrons. The third kappa shape index (κ3) is 3.18. The molecule has 0 fully saturated rings. The molecule has 0 aliphatic carbocycles. The van der Waals surface area contributed by atoms with Crippen LogP contribution >= 0.6 is 11.3 Å². The van der Waals surface area contributed by atoms with Crippen molar-refractivity contribution in [3.05, 3.63) is 34.3 Å². The Morgan fingerprint density at radius 1 is 1.53 bits per heavy atom. The Morgan fingerprint density at radius 3 is 2.95 bits per heavy atom. The predicted octanol–water partition coefficient (Wildman–Crippen LogP) is 0.879. The Hall–Kier alpha value is -1.73. The molecule has 0 aromatic carbocycles. The number of hydrogen-bond donors (Lipinski definition) is 1. The van der Waals surface area contributed by atoms with Gasteiger partial charge < -0.3 is 15.2 Å². The van der Waals surface area contributed by atoms with E-state index in [9.17, 15) is 4.79 Å². The van der Waals surface area contributed by atoms with Gasteiger partial charge in [0.05, 0.1) is 24.1 Å². The first-order chi connectivity index (χ1) is 9.11. The van der Waals surface area contributed by atoms with E-state index in [1.807, 2.05) is 11.5 Å². The van der Waals surface area contributed by atoms with Crippen molar-refractivity contribution in [3.63, 3.8) is 0 Å². The number of imidazole rings is 1. The molecule has 0 aliphatic heterocycles. The summed E-state index contributed by atoms with van der Waals surface area (Å²) >= 11 is 1.56. The highest BCUT2D eigenvalue weighted by Crippen LogP contribution is 2.15. The molecule has 0 spiro atoms. The van der Waals surface area contributed by atoms with E-state index in [0.717, 1.165) is 10.6 Å². The predicted molar refractivity (Wildman–Crippen MR) is 73.9 cm³/mol. The Bertz CT molecular complexity index is 562. The monoisotopic (exact) mass is 279 g/mol. The van der Waals surface area contributed by atoms with Gasteiger partial charge in [0.2, 0.25) is 0 Å². The lowest BCUT2D eigenvalue weighted by Crippen LogP contribution is -2.26. The summed E-state index contributed by atoms with van der Waals surface area (Å²) in [7, 11) is 1.77. The summed E-state index contributed by atoms with van der Waals surface area (Å²) in [5, 5.41) is 0. The van der Waals surface area contributed by atoms with Crippen LogP contribution in [0.5, 0.6) is 0 Å². The molecular weight excluding hydrogens is 262 g/mol. The molecule has 0 bridgehead atoms. The third-order valence-corrected chi connectivity index (χ3v) is 3.73. The maximum atomic E-state index is 12.2. The van der Waals surface area contributed by atoms with Gasteiger partial charge in [-0.15, -0.1) is 11.3 Å². The number of rotatable bonds is 5. The van der Waals surface area contributed by atoms with Crippen LogP contribution in [0.1, 0.15) is 21.1 Å². The van der Waals surface area contributed by atoms with Gasteiger partial charge in [0.25, 0.3) is 5.91 Å². The van der Waals surface area contributed by atoms with Crippen molar-refractivity contribution >= 4 is 17.2 Å². The Kier molecular flexibility index (Phi) is 4.28. The molecule has 0 aliphatic rings. The van der Waals surface area contributed by atoms with Crippen molar-refractivity contribution in [2.75, 3.05) is 13.6 Å². The quantitative estimate of drug-likeness (QED) is 0.881. The standard InChI is InChI=1S/C12H17N5OS/c1-9-11(19-8-15-9)6-16(2)12(18)10-5-17(4-3-13)7-14-10/h5,7-8H,3-4,6,13H2,1-2H3. The third-order valence-electron chi connectivity index (χ3n) is 2.81. The van der Waals surface area contributed by atoms with E-state index in [1.54, 1.807) is 41.3 Å². The Labute approximate surface area is 115 Å². The fourth-order valence-electron chi connectivity index (χ4n) is 1.70. The van der Waals surface area contributed by atoms with Gasteiger partial charge in [-0.3, -0.25) is 4.79 Å². The number of hydrogen-bond acceptors (Lipinski definition) is 5. The second-order valence-corrected chi connectivity index (χ2v) is 5.25. The zero-order valence-corrected chi connectivity index (χ0v) is 11.9. The molecule has 0 atom stereocenters. The lowest BCUT2D eigenvalue weighted by atomic mass is 10.3. The summed E-state index contributed by atoms with van der Waals surface area (Å²) in [6.45, 7) is 3.69. The van der Waals surface area contributed by atoms with Crippen LogP contribution in [-0.4, -0.2) is 38.9 Å². The van der Waals surface area contributed by atoms with Crippen molar-refractivity contribution in [1.82, 2.24) is 19.4 Å². The van der Waals surface area contributed by atoms with Crippen LogP contribution in [0.2, 0.25) is 0 Å². The number of carbonyl (C=O) groups is 1. The summed E-state index contributed by atoms with van der Waals surface area (Å²) < 4.78 is 1.82. The van der Waals surface area contributed by atoms with Crippen LogP contribution < -0.4 is 5.73 Å².